The Morgan fingerprint density at radius 3 is 2.67 bits per heavy atom. The molecule has 0 spiro atoms. The highest BCUT2D eigenvalue weighted by Crippen LogP contribution is 2.62. The second-order valence-electron chi connectivity index (χ2n) is 13.8. The van der Waals surface area contributed by atoms with Crippen LogP contribution in [0.25, 0.3) is 17.1 Å². The maximum absolute atomic E-state index is 12.9. The van der Waals surface area contributed by atoms with Crippen LogP contribution in [0, 0.1) is 22.7 Å². The van der Waals surface area contributed by atoms with Gasteiger partial charge in [-0.05, 0) is 66.9 Å². The number of benzene rings is 1. The number of hydrogen-bond donors (Lipinski definition) is 5. The molecule has 2 saturated carbocycles. The predicted molar refractivity (Wildman–Crippen MR) is 169 cm³/mol. The van der Waals surface area contributed by atoms with Crippen LogP contribution in [0.15, 0.2) is 66.2 Å². The molecule has 2 aliphatic heterocycles. The Balaban J connectivity index is 1.21. The minimum Gasteiger partial charge on any atom is -0.423 e. The molecule has 11 nitrogen and oxygen atoms in total. The van der Waals surface area contributed by atoms with Crippen molar-refractivity contribution in [3.8, 4) is 0 Å². The number of allylic oxidation sites excluding steroid dienone is 3. The second kappa shape index (κ2) is 12.5. The first kappa shape index (κ1) is 32.8. The molecular formula is C35H44N2O9. The van der Waals surface area contributed by atoms with Gasteiger partial charge >= 0.3 is 5.97 Å². The molecule has 6 rings (SSSR count). The lowest BCUT2D eigenvalue weighted by molar-refractivity contribution is -0.329. The molecule has 11 heteroatoms. The van der Waals surface area contributed by atoms with E-state index in [0.717, 1.165) is 35.0 Å². The summed E-state index contributed by atoms with van der Waals surface area (Å²) < 4.78 is 19.4. The van der Waals surface area contributed by atoms with E-state index in [2.05, 4.69) is 18.5 Å². The highest BCUT2D eigenvalue weighted by Gasteiger charge is 2.59. The number of aliphatic hydroxyl groups is 5. The zero-order valence-electron chi connectivity index (χ0n) is 26.5. The smallest absolute Gasteiger partial charge is 0.343 e. The van der Waals surface area contributed by atoms with Crippen LogP contribution in [0.2, 0.25) is 0 Å². The number of nitrogens with zero attached hydrogens (tertiary/aromatic N) is 2. The van der Waals surface area contributed by atoms with Crippen LogP contribution in [-0.4, -0.2) is 91.1 Å². The van der Waals surface area contributed by atoms with Gasteiger partial charge in [-0.25, -0.2) is 9.78 Å². The first-order valence-corrected chi connectivity index (χ1v) is 15.9. The molecule has 2 aliphatic carbocycles. The summed E-state index contributed by atoms with van der Waals surface area (Å²) >= 11 is 0. The summed E-state index contributed by atoms with van der Waals surface area (Å²) in [5.41, 5.74) is 3.16. The summed E-state index contributed by atoms with van der Waals surface area (Å²) in [6, 6.07) is 5.88. The summed E-state index contributed by atoms with van der Waals surface area (Å²) in [7, 11) is 1.94. The van der Waals surface area contributed by atoms with E-state index < -0.39 is 54.8 Å². The number of ether oxygens (including phenoxy) is 3. The van der Waals surface area contributed by atoms with E-state index in [1.807, 2.05) is 48.9 Å². The highest BCUT2D eigenvalue weighted by atomic mass is 16.7. The molecule has 10 atom stereocenters. The number of aryl methyl sites for hydroxylation is 1. The van der Waals surface area contributed by atoms with Crippen molar-refractivity contribution in [3.05, 3.63) is 71.8 Å². The van der Waals surface area contributed by atoms with Crippen molar-refractivity contribution in [2.45, 2.75) is 76.3 Å². The van der Waals surface area contributed by atoms with Crippen molar-refractivity contribution >= 4 is 23.1 Å². The molecule has 0 bridgehead atoms. The van der Waals surface area contributed by atoms with E-state index >= 15 is 0 Å². The second-order valence-corrected chi connectivity index (χ2v) is 13.8. The highest BCUT2D eigenvalue weighted by molar-refractivity contribution is 5.96. The fourth-order valence-electron chi connectivity index (χ4n) is 8.24. The number of hydrogen-bond acceptors (Lipinski definition) is 10. The molecule has 3 heterocycles. The van der Waals surface area contributed by atoms with Crippen LogP contribution in [0.1, 0.15) is 45.1 Å². The summed E-state index contributed by atoms with van der Waals surface area (Å²) in [6.45, 7) is 7.82. The fourth-order valence-corrected chi connectivity index (χ4v) is 8.24. The normalized spacial score (nSPS) is 39.2. The van der Waals surface area contributed by atoms with Gasteiger partial charge in [0.1, 0.15) is 30.2 Å². The van der Waals surface area contributed by atoms with Crippen molar-refractivity contribution in [2.75, 3.05) is 13.2 Å². The van der Waals surface area contributed by atoms with Crippen molar-refractivity contribution < 1.29 is 44.5 Å². The van der Waals surface area contributed by atoms with Crippen LogP contribution in [-0.2, 0) is 26.1 Å². The molecule has 1 aromatic heterocycles. The lowest BCUT2D eigenvalue weighted by Crippen LogP contribution is -2.63. The number of carbonyl (C=O) groups excluding carboxylic acids is 1. The van der Waals surface area contributed by atoms with Crippen molar-refractivity contribution in [1.82, 2.24) is 9.55 Å². The van der Waals surface area contributed by atoms with E-state index in [1.54, 1.807) is 18.5 Å². The third-order valence-electron chi connectivity index (χ3n) is 10.9. The summed E-state index contributed by atoms with van der Waals surface area (Å²) in [4.78, 5) is 17.3. The lowest BCUT2D eigenvalue weighted by Gasteiger charge is -2.60. The van der Waals surface area contributed by atoms with E-state index in [0.29, 0.717) is 24.2 Å². The van der Waals surface area contributed by atoms with Crippen LogP contribution < -0.4 is 0 Å². The topological polar surface area (TPSA) is 164 Å². The number of cyclic esters (lactones) is 1. The van der Waals surface area contributed by atoms with E-state index in [1.165, 1.54) is 0 Å². The van der Waals surface area contributed by atoms with Gasteiger partial charge in [-0.1, -0.05) is 44.2 Å². The van der Waals surface area contributed by atoms with E-state index in [9.17, 15) is 30.3 Å². The molecule has 46 heavy (non-hydrogen) atoms. The van der Waals surface area contributed by atoms with Gasteiger partial charge in [-0.2, -0.15) is 0 Å². The maximum Gasteiger partial charge on any atom is 0.343 e. The molecular weight excluding hydrogens is 592 g/mol. The Hall–Kier alpha value is -3.16. The standard InChI is InChI=1S/C35H44N2O9/c1-19-5-10-27-34(2,12-11-28(35(27,3)17-39)46-33-31(42)30(41)29(40)26(16-38)45-33)23(19)8-7-21-15-22(44-32(21)43)13-20-6-9-25-24(14-20)36-18-37(25)4/h6-9,13-15,18,23,26-31,33,38-42H,1,5,10-12,16-17H2,2-4H3/t23?,26?,27?,28-,29?,30?,31?,33?,34-,35+/m1/s1. The Morgan fingerprint density at radius 2 is 1.93 bits per heavy atom. The number of aromatic nitrogens is 2. The SMILES string of the molecule is C=C1CCC2[C@](C)(CC[C@@H](OC3OC(CO)C(O)C(O)C3O)[C@@]2(C)CO)C1C=CC1=CC(=Cc2ccc3c(c2)ncn3C)OC1=O. The van der Waals surface area contributed by atoms with E-state index in [4.69, 9.17) is 14.2 Å². The van der Waals surface area contributed by atoms with Crippen molar-refractivity contribution in [2.24, 2.45) is 29.7 Å². The molecule has 1 aromatic carbocycles. The third-order valence-corrected chi connectivity index (χ3v) is 10.9. The Morgan fingerprint density at radius 1 is 1.15 bits per heavy atom. The van der Waals surface area contributed by atoms with Gasteiger partial charge < -0.3 is 44.3 Å². The maximum atomic E-state index is 12.9. The number of rotatable bonds is 7. The Bertz CT molecular complexity index is 1590. The third kappa shape index (κ3) is 5.57. The van der Waals surface area contributed by atoms with Crippen LogP contribution >= 0.6 is 0 Å². The van der Waals surface area contributed by atoms with Gasteiger partial charge in [0, 0.05) is 18.4 Å². The summed E-state index contributed by atoms with van der Waals surface area (Å²) in [6.07, 6.45) is 4.41. The fraction of sp³-hybridized carbons (Fsp3) is 0.543. The number of carbonyl (C=O) groups is 1. The zero-order chi connectivity index (χ0) is 33.0. The molecule has 0 radical (unpaired) electrons. The van der Waals surface area contributed by atoms with Crippen LogP contribution in [0.3, 0.4) is 0 Å². The van der Waals surface area contributed by atoms with Crippen LogP contribution in [0.5, 0.6) is 0 Å². The minimum atomic E-state index is -1.55. The summed E-state index contributed by atoms with van der Waals surface area (Å²) in [5, 5.41) is 51.5. The molecule has 3 fully saturated rings. The average molecular weight is 637 g/mol. The molecule has 1 saturated heterocycles. The van der Waals surface area contributed by atoms with Gasteiger partial charge in [0.2, 0.25) is 0 Å². The summed E-state index contributed by atoms with van der Waals surface area (Å²) in [5.74, 6) is -0.0829. The number of imidazole rings is 1. The largest absolute Gasteiger partial charge is 0.423 e. The Kier molecular flexibility index (Phi) is 8.88. The first-order chi connectivity index (χ1) is 21.9. The number of esters is 1. The number of aliphatic hydroxyl groups excluding tert-OH is 5. The van der Waals surface area contributed by atoms with Gasteiger partial charge in [0.15, 0.2) is 6.29 Å². The first-order valence-electron chi connectivity index (χ1n) is 15.9. The molecule has 7 unspecified atom stereocenters. The predicted octanol–water partition coefficient (Wildman–Crippen LogP) is 2.52. The van der Waals surface area contributed by atoms with E-state index in [-0.39, 0.29) is 23.9 Å². The van der Waals surface area contributed by atoms with Gasteiger partial charge in [0.05, 0.1) is 42.3 Å². The molecule has 0 amide bonds. The lowest BCUT2D eigenvalue weighted by atomic mass is 9.46. The molecule has 2 aromatic rings. The number of fused-ring (bicyclic) bond motifs is 2. The van der Waals surface area contributed by atoms with Gasteiger partial charge in [0.25, 0.3) is 0 Å². The van der Waals surface area contributed by atoms with Crippen molar-refractivity contribution in [3.63, 3.8) is 0 Å². The quantitative estimate of drug-likeness (QED) is 0.173. The molecule has 248 valence electrons. The van der Waals surface area contributed by atoms with Crippen molar-refractivity contribution in [1.29, 1.82) is 0 Å². The van der Waals surface area contributed by atoms with Crippen LogP contribution in [0.4, 0.5) is 0 Å². The monoisotopic (exact) mass is 636 g/mol. The van der Waals surface area contributed by atoms with Gasteiger partial charge in [-0.15, -0.1) is 0 Å². The van der Waals surface area contributed by atoms with Gasteiger partial charge in [-0.3, -0.25) is 0 Å². The minimum absolute atomic E-state index is 0.0183. The molecule has 4 aliphatic rings. The zero-order valence-corrected chi connectivity index (χ0v) is 26.5. The molecule has 5 N–H and O–H groups in total. The average Bonchev–Trinajstić information content (AvgIpc) is 3.58. The Labute approximate surface area is 268 Å².